The van der Waals surface area contributed by atoms with Gasteiger partial charge in [-0.05, 0) is 59.8 Å². The van der Waals surface area contributed by atoms with Crippen LogP contribution in [-0.4, -0.2) is 11.1 Å². The summed E-state index contributed by atoms with van der Waals surface area (Å²) in [5.74, 6) is -0.827. The first-order chi connectivity index (χ1) is 10.5. The van der Waals surface area contributed by atoms with Gasteiger partial charge in [-0.1, -0.05) is 23.7 Å². The van der Waals surface area contributed by atoms with Gasteiger partial charge < -0.3 is 0 Å². The molecule has 0 bridgehead atoms. The molecule has 0 aliphatic carbocycles. The maximum Gasteiger partial charge on any atom is 0.298 e. The van der Waals surface area contributed by atoms with Crippen molar-refractivity contribution >= 4 is 46.3 Å². The summed E-state index contributed by atoms with van der Waals surface area (Å²) in [4.78, 5) is 25.8. The molecule has 6 heteroatoms. The predicted molar refractivity (Wildman–Crippen MR) is 86.3 cm³/mol. The number of carbonyl (C=O) groups is 2. The van der Waals surface area contributed by atoms with E-state index < -0.39 is 17.0 Å². The number of rotatable bonds is 2. The van der Waals surface area contributed by atoms with Crippen LogP contribution in [0.25, 0.3) is 6.08 Å². The zero-order valence-electron chi connectivity index (χ0n) is 11.1. The van der Waals surface area contributed by atoms with E-state index >= 15 is 0 Å². The lowest BCUT2D eigenvalue weighted by molar-refractivity contribution is -0.113. The highest BCUT2D eigenvalue weighted by atomic mass is 35.5. The number of halogens is 2. The van der Waals surface area contributed by atoms with Gasteiger partial charge in [0, 0.05) is 5.02 Å². The molecule has 2 aromatic carbocycles. The Morgan fingerprint density at radius 1 is 1.09 bits per heavy atom. The van der Waals surface area contributed by atoms with Gasteiger partial charge in [-0.2, -0.15) is 0 Å². The summed E-state index contributed by atoms with van der Waals surface area (Å²) in [7, 11) is 0. The zero-order valence-corrected chi connectivity index (χ0v) is 12.7. The van der Waals surface area contributed by atoms with Gasteiger partial charge in [0.15, 0.2) is 0 Å². The number of nitrogens with zero attached hydrogens (tertiary/aromatic N) is 1. The Labute approximate surface area is 135 Å². The number of imide groups is 1. The molecule has 2 amide bonds. The standard InChI is InChI=1S/C16H9ClFNO2S/c17-11-4-6-13(7-5-11)19-15(20)14(22-16(19)21)9-10-2-1-3-12(18)8-10/h1-9H/b14-9-. The van der Waals surface area contributed by atoms with Crippen LogP contribution in [0.2, 0.25) is 5.02 Å². The third-order valence-corrected chi connectivity index (χ3v) is 4.15. The van der Waals surface area contributed by atoms with E-state index in [1.54, 1.807) is 36.4 Å². The van der Waals surface area contributed by atoms with E-state index in [9.17, 15) is 14.0 Å². The fraction of sp³-hybridized carbons (Fsp3) is 0. The molecule has 0 saturated carbocycles. The number of benzene rings is 2. The molecular formula is C16H9ClFNO2S. The SMILES string of the molecule is O=C1S/C(=C\c2cccc(F)c2)C(=O)N1c1ccc(Cl)cc1. The smallest absolute Gasteiger partial charge is 0.268 e. The molecular weight excluding hydrogens is 325 g/mol. The second-order valence-electron chi connectivity index (χ2n) is 4.55. The number of hydrogen-bond donors (Lipinski definition) is 0. The molecule has 110 valence electrons. The molecule has 0 spiro atoms. The molecule has 1 aliphatic heterocycles. The van der Waals surface area contributed by atoms with Crippen LogP contribution in [-0.2, 0) is 4.79 Å². The highest BCUT2D eigenvalue weighted by Crippen LogP contribution is 2.36. The molecule has 1 aliphatic rings. The Bertz CT molecular complexity index is 789. The largest absolute Gasteiger partial charge is 0.298 e. The lowest BCUT2D eigenvalue weighted by atomic mass is 10.2. The Morgan fingerprint density at radius 2 is 1.82 bits per heavy atom. The van der Waals surface area contributed by atoms with Crippen LogP contribution >= 0.6 is 23.4 Å². The summed E-state index contributed by atoms with van der Waals surface area (Å²) in [6.07, 6.45) is 1.50. The van der Waals surface area contributed by atoms with Crippen molar-refractivity contribution in [2.45, 2.75) is 0 Å². The Hall–Kier alpha value is -2.11. The van der Waals surface area contributed by atoms with Crippen molar-refractivity contribution in [2.24, 2.45) is 0 Å². The van der Waals surface area contributed by atoms with Crippen LogP contribution in [0.5, 0.6) is 0 Å². The van der Waals surface area contributed by atoms with Gasteiger partial charge >= 0.3 is 0 Å². The molecule has 0 aromatic heterocycles. The minimum absolute atomic E-state index is 0.255. The summed E-state index contributed by atoms with van der Waals surface area (Å²) in [5, 5.41) is 0.126. The Balaban J connectivity index is 1.93. The molecule has 1 fully saturated rings. The number of amides is 2. The highest BCUT2D eigenvalue weighted by molar-refractivity contribution is 8.19. The number of carbonyl (C=O) groups excluding carboxylic acids is 2. The molecule has 2 aromatic rings. The Kier molecular flexibility index (Phi) is 4.00. The fourth-order valence-electron chi connectivity index (χ4n) is 2.03. The lowest BCUT2D eigenvalue weighted by Crippen LogP contribution is -2.27. The normalized spacial score (nSPS) is 16.6. The van der Waals surface area contributed by atoms with Crippen molar-refractivity contribution in [1.82, 2.24) is 0 Å². The lowest BCUT2D eigenvalue weighted by Gasteiger charge is -2.12. The minimum atomic E-state index is -0.429. The maximum atomic E-state index is 13.2. The summed E-state index contributed by atoms with van der Waals surface area (Å²) in [6, 6.07) is 12.2. The molecule has 1 heterocycles. The van der Waals surface area contributed by atoms with Crippen LogP contribution in [0.1, 0.15) is 5.56 Å². The van der Waals surface area contributed by atoms with Crippen LogP contribution in [0.4, 0.5) is 14.9 Å². The number of anilines is 1. The molecule has 3 rings (SSSR count). The van der Waals surface area contributed by atoms with Gasteiger partial charge in [-0.15, -0.1) is 0 Å². The summed E-state index contributed by atoms with van der Waals surface area (Å²) >= 11 is 6.63. The summed E-state index contributed by atoms with van der Waals surface area (Å²) in [5.41, 5.74) is 0.983. The molecule has 0 radical (unpaired) electrons. The predicted octanol–water partition coefficient (Wildman–Crippen LogP) is 4.72. The van der Waals surface area contributed by atoms with Crippen molar-refractivity contribution < 1.29 is 14.0 Å². The van der Waals surface area contributed by atoms with Crippen molar-refractivity contribution in [2.75, 3.05) is 4.90 Å². The van der Waals surface area contributed by atoms with Crippen LogP contribution in [0, 0.1) is 5.82 Å². The van der Waals surface area contributed by atoms with Gasteiger partial charge in [0.25, 0.3) is 11.1 Å². The molecule has 3 nitrogen and oxygen atoms in total. The van der Waals surface area contributed by atoms with Crippen LogP contribution in [0.3, 0.4) is 0 Å². The van der Waals surface area contributed by atoms with E-state index in [1.165, 1.54) is 18.2 Å². The van der Waals surface area contributed by atoms with Gasteiger partial charge in [-0.3, -0.25) is 9.59 Å². The van der Waals surface area contributed by atoms with E-state index in [-0.39, 0.29) is 4.91 Å². The van der Waals surface area contributed by atoms with Crippen molar-refractivity contribution in [3.05, 3.63) is 69.8 Å². The summed E-state index contributed by atoms with van der Waals surface area (Å²) < 4.78 is 13.2. The molecule has 0 N–H and O–H groups in total. The van der Waals surface area contributed by atoms with Gasteiger partial charge in [0.2, 0.25) is 0 Å². The van der Waals surface area contributed by atoms with Crippen LogP contribution in [0.15, 0.2) is 53.4 Å². The van der Waals surface area contributed by atoms with Crippen molar-refractivity contribution in [3.63, 3.8) is 0 Å². The van der Waals surface area contributed by atoms with E-state index in [0.717, 1.165) is 16.7 Å². The molecule has 1 saturated heterocycles. The van der Waals surface area contributed by atoms with Crippen molar-refractivity contribution in [1.29, 1.82) is 0 Å². The third-order valence-electron chi connectivity index (χ3n) is 3.02. The molecule has 0 atom stereocenters. The average molecular weight is 334 g/mol. The highest BCUT2D eigenvalue weighted by Gasteiger charge is 2.36. The second-order valence-corrected chi connectivity index (χ2v) is 5.98. The van der Waals surface area contributed by atoms with E-state index in [2.05, 4.69) is 0 Å². The first kappa shape index (κ1) is 14.8. The minimum Gasteiger partial charge on any atom is -0.268 e. The average Bonchev–Trinajstić information content (AvgIpc) is 2.75. The summed E-state index contributed by atoms with van der Waals surface area (Å²) in [6.45, 7) is 0. The second kappa shape index (κ2) is 5.94. The fourth-order valence-corrected chi connectivity index (χ4v) is 3.00. The first-order valence-electron chi connectivity index (χ1n) is 6.34. The Morgan fingerprint density at radius 3 is 2.50 bits per heavy atom. The first-order valence-corrected chi connectivity index (χ1v) is 7.53. The number of thioether (sulfide) groups is 1. The van der Waals surface area contributed by atoms with E-state index in [1.807, 2.05) is 0 Å². The van der Waals surface area contributed by atoms with Crippen LogP contribution < -0.4 is 4.90 Å². The zero-order chi connectivity index (χ0) is 15.7. The topological polar surface area (TPSA) is 37.4 Å². The quantitative estimate of drug-likeness (QED) is 0.746. The van der Waals surface area contributed by atoms with Gasteiger partial charge in [0.1, 0.15) is 5.82 Å². The van der Waals surface area contributed by atoms with E-state index in [0.29, 0.717) is 16.3 Å². The maximum absolute atomic E-state index is 13.2. The van der Waals surface area contributed by atoms with E-state index in [4.69, 9.17) is 11.6 Å². The molecule has 0 unspecified atom stereocenters. The van der Waals surface area contributed by atoms with Gasteiger partial charge in [0.05, 0.1) is 10.6 Å². The van der Waals surface area contributed by atoms with Crippen molar-refractivity contribution in [3.8, 4) is 0 Å². The monoisotopic (exact) mass is 333 g/mol. The van der Waals surface area contributed by atoms with Gasteiger partial charge in [-0.25, -0.2) is 9.29 Å². The number of hydrogen-bond acceptors (Lipinski definition) is 3. The third kappa shape index (κ3) is 2.91. The molecule has 22 heavy (non-hydrogen) atoms.